The SMILES string of the molecule is COc1ccccc1CCNc1ccc(NC(=O)Cc2ccccc2F)nn1. The minimum absolute atomic E-state index is 0.0622. The molecule has 3 rings (SSSR count). The lowest BCUT2D eigenvalue weighted by Crippen LogP contribution is -2.16. The van der Waals surface area contributed by atoms with Crippen LogP contribution in [0.4, 0.5) is 16.0 Å². The Hall–Kier alpha value is -3.48. The quantitative estimate of drug-likeness (QED) is 0.626. The lowest BCUT2D eigenvalue weighted by Gasteiger charge is -2.09. The molecule has 0 bridgehead atoms. The lowest BCUT2D eigenvalue weighted by molar-refractivity contribution is -0.115. The normalized spacial score (nSPS) is 10.4. The van der Waals surface area contributed by atoms with E-state index in [1.54, 1.807) is 37.4 Å². The van der Waals surface area contributed by atoms with Crippen molar-refractivity contribution < 1.29 is 13.9 Å². The fourth-order valence-electron chi connectivity index (χ4n) is 2.73. The largest absolute Gasteiger partial charge is 0.496 e. The molecule has 0 aliphatic heterocycles. The summed E-state index contributed by atoms with van der Waals surface area (Å²) in [5.41, 5.74) is 1.44. The number of amides is 1. The summed E-state index contributed by atoms with van der Waals surface area (Å²) in [6.07, 6.45) is 0.708. The number of carbonyl (C=O) groups is 1. The number of ether oxygens (including phenoxy) is 1. The predicted octanol–water partition coefficient (Wildman–Crippen LogP) is 3.46. The van der Waals surface area contributed by atoms with Crippen molar-refractivity contribution in [2.75, 3.05) is 24.3 Å². The van der Waals surface area contributed by atoms with Gasteiger partial charge in [0.2, 0.25) is 5.91 Å². The van der Waals surface area contributed by atoms with Crippen LogP contribution in [0.2, 0.25) is 0 Å². The third-order valence-electron chi connectivity index (χ3n) is 4.13. The van der Waals surface area contributed by atoms with Gasteiger partial charge in [-0.1, -0.05) is 36.4 Å². The van der Waals surface area contributed by atoms with E-state index in [0.717, 1.165) is 17.7 Å². The third kappa shape index (κ3) is 5.26. The predicted molar refractivity (Wildman–Crippen MR) is 106 cm³/mol. The summed E-state index contributed by atoms with van der Waals surface area (Å²) in [6.45, 7) is 0.661. The molecule has 2 N–H and O–H groups in total. The molecule has 1 amide bonds. The van der Waals surface area contributed by atoms with Crippen molar-refractivity contribution in [3.63, 3.8) is 0 Å². The van der Waals surface area contributed by atoms with Crippen molar-refractivity contribution in [3.8, 4) is 5.75 Å². The molecular weight excluding hydrogens is 359 g/mol. The van der Waals surface area contributed by atoms with E-state index in [1.165, 1.54) is 6.07 Å². The van der Waals surface area contributed by atoms with Gasteiger partial charge in [0.25, 0.3) is 0 Å². The summed E-state index contributed by atoms with van der Waals surface area (Å²) >= 11 is 0. The number of hydrogen-bond acceptors (Lipinski definition) is 5. The Kier molecular flexibility index (Phi) is 6.51. The molecule has 0 aliphatic rings. The number of para-hydroxylation sites is 1. The van der Waals surface area contributed by atoms with Gasteiger partial charge in [-0.25, -0.2) is 4.39 Å². The number of nitrogens with zero attached hydrogens (tertiary/aromatic N) is 2. The van der Waals surface area contributed by atoms with E-state index in [4.69, 9.17) is 4.74 Å². The van der Waals surface area contributed by atoms with Crippen molar-refractivity contribution in [2.45, 2.75) is 12.8 Å². The summed E-state index contributed by atoms with van der Waals surface area (Å²) in [6, 6.07) is 17.4. The molecule has 2 aromatic carbocycles. The van der Waals surface area contributed by atoms with Crippen molar-refractivity contribution in [1.29, 1.82) is 0 Å². The first-order valence-corrected chi connectivity index (χ1v) is 8.88. The average Bonchev–Trinajstić information content (AvgIpc) is 2.71. The van der Waals surface area contributed by atoms with Crippen molar-refractivity contribution in [1.82, 2.24) is 10.2 Å². The lowest BCUT2D eigenvalue weighted by atomic mass is 10.1. The summed E-state index contributed by atoms with van der Waals surface area (Å²) in [4.78, 5) is 12.0. The zero-order valence-electron chi connectivity index (χ0n) is 15.5. The van der Waals surface area contributed by atoms with Crippen LogP contribution in [0.1, 0.15) is 11.1 Å². The molecule has 144 valence electrons. The fraction of sp³-hybridized carbons (Fsp3) is 0.190. The molecule has 28 heavy (non-hydrogen) atoms. The van der Waals surface area contributed by atoms with E-state index in [9.17, 15) is 9.18 Å². The first-order valence-electron chi connectivity index (χ1n) is 8.88. The Morgan fingerprint density at radius 2 is 1.64 bits per heavy atom. The molecule has 0 spiro atoms. The number of hydrogen-bond donors (Lipinski definition) is 2. The second kappa shape index (κ2) is 9.45. The van der Waals surface area contributed by atoms with E-state index in [-0.39, 0.29) is 12.3 Å². The molecule has 7 heteroatoms. The Balaban J connectivity index is 1.49. The Bertz CT molecular complexity index is 932. The minimum Gasteiger partial charge on any atom is -0.496 e. The van der Waals surface area contributed by atoms with Crippen LogP contribution in [-0.4, -0.2) is 29.8 Å². The first-order chi connectivity index (χ1) is 13.7. The summed E-state index contributed by atoms with van der Waals surface area (Å²) in [5.74, 6) is 1.01. The van der Waals surface area contributed by atoms with Crippen molar-refractivity contribution in [3.05, 3.63) is 77.6 Å². The highest BCUT2D eigenvalue weighted by Crippen LogP contribution is 2.18. The summed E-state index contributed by atoms with van der Waals surface area (Å²) in [7, 11) is 1.65. The highest BCUT2D eigenvalue weighted by Gasteiger charge is 2.09. The number of methoxy groups -OCH3 is 1. The van der Waals surface area contributed by atoms with Crippen LogP contribution >= 0.6 is 0 Å². The zero-order chi connectivity index (χ0) is 19.8. The van der Waals surface area contributed by atoms with E-state index in [1.807, 2.05) is 24.3 Å². The monoisotopic (exact) mass is 380 g/mol. The molecular formula is C21H21FN4O2. The van der Waals surface area contributed by atoms with Crippen molar-refractivity contribution in [2.24, 2.45) is 0 Å². The van der Waals surface area contributed by atoms with Crippen LogP contribution in [0.25, 0.3) is 0 Å². The molecule has 0 saturated carbocycles. The van der Waals surface area contributed by atoms with Gasteiger partial charge in [0.05, 0.1) is 13.5 Å². The van der Waals surface area contributed by atoms with Gasteiger partial charge >= 0.3 is 0 Å². The molecule has 0 atom stereocenters. The van der Waals surface area contributed by atoms with Gasteiger partial charge in [0.15, 0.2) is 5.82 Å². The molecule has 0 aliphatic carbocycles. The number of anilines is 2. The van der Waals surface area contributed by atoms with Gasteiger partial charge < -0.3 is 15.4 Å². The van der Waals surface area contributed by atoms with Gasteiger partial charge in [-0.15, -0.1) is 10.2 Å². The van der Waals surface area contributed by atoms with Gasteiger partial charge in [-0.05, 0) is 41.8 Å². The highest BCUT2D eigenvalue weighted by atomic mass is 19.1. The van der Waals surface area contributed by atoms with Crippen LogP contribution in [0.15, 0.2) is 60.7 Å². The van der Waals surface area contributed by atoms with Gasteiger partial charge in [0, 0.05) is 6.54 Å². The van der Waals surface area contributed by atoms with Gasteiger partial charge in [-0.2, -0.15) is 0 Å². The van der Waals surface area contributed by atoms with E-state index < -0.39 is 5.82 Å². The number of carbonyl (C=O) groups excluding carboxylic acids is 1. The Morgan fingerprint density at radius 1 is 0.964 bits per heavy atom. The number of rotatable bonds is 8. The second-order valence-electron chi connectivity index (χ2n) is 6.11. The topological polar surface area (TPSA) is 76.1 Å². The molecule has 0 fully saturated rings. The molecule has 0 radical (unpaired) electrons. The molecule has 0 saturated heterocycles. The standard InChI is InChI=1S/C21H21FN4O2/c1-28-18-9-5-3-6-15(18)12-13-23-19-10-11-20(26-25-19)24-21(27)14-16-7-2-4-8-17(16)22/h2-11H,12-14H2,1H3,(H,23,25)(H,24,26,27). The first kappa shape index (κ1) is 19.3. The molecule has 1 heterocycles. The van der Waals surface area contributed by atoms with Gasteiger partial charge in [0.1, 0.15) is 17.4 Å². The smallest absolute Gasteiger partial charge is 0.230 e. The van der Waals surface area contributed by atoms with E-state index >= 15 is 0 Å². The number of halogens is 1. The van der Waals surface area contributed by atoms with Crippen LogP contribution in [0.3, 0.4) is 0 Å². The van der Waals surface area contributed by atoms with E-state index in [0.29, 0.717) is 23.7 Å². The third-order valence-corrected chi connectivity index (χ3v) is 4.13. The number of nitrogens with one attached hydrogen (secondary N) is 2. The number of aromatic nitrogens is 2. The van der Waals surface area contributed by atoms with Crippen LogP contribution in [-0.2, 0) is 17.6 Å². The van der Waals surface area contributed by atoms with Crippen LogP contribution < -0.4 is 15.4 Å². The maximum Gasteiger partial charge on any atom is 0.230 e. The Labute approximate surface area is 162 Å². The second-order valence-corrected chi connectivity index (χ2v) is 6.11. The maximum absolute atomic E-state index is 13.6. The van der Waals surface area contributed by atoms with Crippen LogP contribution in [0.5, 0.6) is 5.75 Å². The number of benzene rings is 2. The summed E-state index contributed by atoms with van der Waals surface area (Å²) < 4.78 is 18.9. The van der Waals surface area contributed by atoms with Gasteiger partial charge in [-0.3, -0.25) is 4.79 Å². The molecule has 3 aromatic rings. The van der Waals surface area contributed by atoms with Crippen LogP contribution in [0, 0.1) is 5.82 Å². The van der Waals surface area contributed by atoms with Crippen molar-refractivity contribution >= 4 is 17.5 Å². The molecule has 1 aromatic heterocycles. The maximum atomic E-state index is 13.6. The Morgan fingerprint density at radius 3 is 2.36 bits per heavy atom. The average molecular weight is 380 g/mol. The van der Waals surface area contributed by atoms with E-state index in [2.05, 4.69) is 20.8 Å². The molecule has 0 unspecified atom stereocenters. The molecule has 6 nitrogen and oxygen atoms in total. The summed E-state index contributed by atoms with van der Waals surface area (Å²) in [5, 5.41) is 13.8. The zero-order valence-corrected chi connectivity index (χ0v) is 15.5. The fourth-order valence-corrected chi connectivity index (χ4v) is 2.73. The minimum atomic E-state index is -0.404. The highest BCUT2D eigenvalue weighted by molar-refractivity contribution is 5.91.